The fourth-order valence-corrected chi connectivity index (χ4v) is 3.28. The highest BCUT2D eigenvalue weighted by Crippen LogP contribution is 2.30. The van der Waals surface area contributed by atoms with Gasteiger partial charge in [0.15, 0.2) is 17.5 Å². The van der Waals surface area contributed by atoms with Crippen LogP contribution in [0.25, 0.3) is 0 Å². The van der Waals surface area contributed by atoms with Gasteiger partial charge in [-0.3, -0.25) is 0 Å². The van der Waals surface area contributed by atoms with Crippen LogP contribution in [0.2, 0.25) is 0 Å². The second kappa shape index (κ2) is 12.8. The molecule has 156 valence electrons. The maximum Gasteiger partial charge on any atom is 0.192 e. The Morgan fingerprint density at radius 2 is 1.89 bits per heavy atom. The highest BCUT2D eigenvalue weighted by molar-refractivity contribution is 14.0. The Morgan fingerprint density at radius 1 is 1.18 bits per heavy atom. The zero-order valence-corrected chi connectivity index (χ0v) is 20.4. The predicted octanol–water partition coefficient (Wildman–Crippen LogP) is 4.68. The minimum atomic E-state index is 0. The van der Waals surface area contributed by atoms with Crippen LogP contribution < -0.4 is 20.1 Å². The molecule has 2 rings (SSSR count). The monoisotopic (exact) mass is 518 g/mol. The zero-order chi connectivity index (χ0) is 19.6. The van der Waals surface area contributed by atoms with Gasteiger partial charge in [-0.25, -0.2) is 9.98 Å². The first kappa shape index (κ1) is 24.5. The van der Waals surface area contributed by atoms with Crippen LogP contribution in [-0.4, -0.2) is 30.7 Å². The van der Waals surface area contributed by atoms with Crippen molar-refractivity contribution >= 4 is 41.3 Å². The fourth-order valence-electron chi connectivity index (χ4n) is 2.57. The molecule has 1 heterocycles. The third-order valence-corrected chi connectivity index (χ3v) is 4.70. The van der Waals surface area contributed by atoms with E-state index < -0.39 is 0 Å². The maximum atomic E-state index is 5.73. The van der Waals surface area contributed by atoms with Gasteiger partial charge in [0.2, 0.25) is 0 Å². The van der Waals surface area contributed by atoms with Gasteiger partial charge in [-0.1, -0.05) is 6.07 Å². The average molecular weight is 518 g/mol. The van der Waals surface area contributed by atoms with Gasteiger partial charge in [-0.2, -0.15) is 0 Å². The Kier molecular flexibility index (Phi) is 11.2. The summed E-state index contributed by atoms with van der Waals surface area (Å²) < 4.78 is 11.4. The topological polar surface area (TPSA) is 67.8 Å². The summed E-state index contributed by atoms with van der Waals surface area (Å²) in [6, 6.07) is 6.11. The largest absolute Gasteiger partial charge is 0.490 e. The number of guanidine groups is 1. The van der Waals surface area contributed by atoms with Gasteiger partial charge in [0.25, 0.3) is 0 Å². The molecular weight excluding hydrogens is 487 g/mol. The van der Waals surface area contributed by atoms with Crippen LogP contribution in [0, 0.1) is 6.92 Å². The highest BCUT2D eigenvalue weighted by Gasteiger charge is 2.12. The lowest BCUT2D eigenvalue weighted by Crippen LogP contribution is -2.38. The van der Waals surface area contributed by atoms with E-state index in [2.05, 4.69) is 47.4 Å². The van der Waals surface area contributed by atoms with Crippen molar-refractivity contribution in [2.45, 2.75) is 47.2 Å². The maximum absolute atomic E-state index is 5.73. The number of halogens is 1. The molecule has 0 bridgehead atoms. The minimum Gasteiger partial charge on any atom is -0.490 e. The molecule has 1 atom stereocenters. The SMILES string of the molecule is CCNC(=NCc1ncc(C)s1)NC(C)c1ccc(OCC)c(OCC)c1.I. The minimum absolute atomic E-state index is 0. The summed E-state index contributed by atoms with van der Waals surface area (Å²) in [5.74, 6) is 2.31. The van der Waals surface area contributed by atoms with Crippen LogP contribution in [0.3, 0.4) is 0 Å². The Bertz CT molecular complexity index is 752. The van der Waals surface area contributed by atoms with Crippen molar-refractivity contribution in [2.24, 2.45) is 4.99 Å². The first-order valence-electron chi connectivity index (χ1n) is 9.43. The molecule has 0 saturated carbocycles. The molecule has 28 heavy (non-hydrogen) atoms. The lowest BCUT2D eigenvalue weighted by Gasteiger charge is -2.20. The number of benzene rings is 1. The summed E-state index contributed by atoms with van der Waals surface area (Å²) in [6.07, 6.45) is 1.88. The van der Waals surface area contributed by atoms with E-state index >= 15 is 0 Å². The van der Waals surface area contributed by atoms with Crippen molar-refractivity contribution in [2.75, 3.05) is 19.8 Å². The molecule has 0 amide bonds. The number of aryl methyl sites for hydroxylation is 1. The third-order valence-electron chi connectivity index (χ3n) is 3.81. The highest BCUT2D eigenvalue weighted by atomic mass is 127. The number of rotatable bonds is 9. The molecule has 1 unspecified atom stereocenters. The number of aromatic nitrogens is 1. The van der Waals surface area contributed by atoms with Crippen LogP contribution in [-0.2, 0) is 6.54 Å². The fraction of sp³-hybridized carbons (Fsp3) is 0.500. The summed E-state index contributed by atoms with van der Waals surface area (Å²) in [7, 11) is 0. The van der Waals surface area contributed by atoms with Crippen molar-refractivity contribution in [3.8, 4) is 11.5 Å². The first-order chi connectivity index (χ1) is 13.1. The van der Waals surface area contributed by atoms with Gasteiger partial charge in [-0.15, -0.1) is 35.3 Å². The van der Waals surface area contributed by atoms with E-state index in [1.54, 1.807) is 11.3 Å². The van der Waals surface area contributed by atoms with Crippen molar-refractivity contribution < 1.29 is 9.47 Å². The van der Waals surface area contributed by atoms with Crippen molar-refractivity contribution in [1.29, 1.82) is 0 Å². The van der Waals surface area contributed by atoms with E-state index in [4.69, 9.17) is 9.47 Å². The predicted molar refractivity (Wildman–Crippen MR) is 127 cm³/mol. The van der Waals surface area contributed by atoms with Crippen molar-refractivity contribution in [3.05, 3.63) is 39.8 Å². The van der Waals surface area contributed by atoms with Crippen LogP contribution in [0.5, 0.6) is 11.5 Å². The van der Waals surface area contributed by atoms with Crippen LogP contribution in [0.4, 0.5) is 0 Å². The van der Waals surface area contributed by atoms with Gasteiger partial charge in [-0.05, 0) is 52.3 Å². The Morgan fingerprint density at radius 3 is 2.50 bits per heavy atom. The zero-order valence-electron chi connectivity index (χ0n) is 17.2. The van der Waals surface area contributed by atoms with Crippen LogP contribution >= 0.6 is 35.3 Å². The van der Waals surface area contributed by atoms with Crippen LogP contribution in [0.15, 0.2) is 29.4 Å². The molecule has 8 heteroatoms. The number of hydrogen-bond acceptors (Lipinski definition) is 5. The molecule has 1 aromatic heterocycles. The molecule has 6 nitrogen and oxygen atoms in total. The number of hydrogen-bond donors (Lipinski definition) is 2. The van der Waals surface area contributed by atoms with Gasteiger partial charge in [0, 0.05) is 17.6 Å². The van der Waals surface area contributed by atoms with Gasteiger partial charge in [0.05, 0.1) is 25.8 Å². The van der Waals surface area contributed by atoms with E-state index in [-0.39, 0.29) is 30.0 Å². The molecule has 0 aliphatic rings. The Hall–Kier alpha value is -1.55. The number of nitrogens with zero attached hydrogens (tertiary/aromatic N) is 2. The summed E-state index contributed by atoms with van der Waals surface area (Å²) in [6.45, 7) is 12.7. The summed E-state index contributed by atoms with van der Waals surface area (Å²) in [5.41, 5.74) is 1.11. The molecule has 0 spiro atoms. The first-order valence-corrected chi connectivity index (χ1v) is 10.2. The standard InChI is InChI=1S/C20H30N4O2S.HI/c1-6-21-20(23-13-19-22-12-14(4)27-19)24-15(5)16-9-10-17(25-7-2)18(11-16)26-8-3;/h9-12,15H,6-8,13H2,1-5H3,(H2,21,23,24);1H. The van der Waals surface area contributed by atoms with E-state index in [1.807, 2.05) is 32.2 Å². The smallest absolute Gasteiger partial charge is 0.192 e. The van der Waals surface area contributed by atoms with Gasteiger partial charge >= 0.3 is 0 Å². The molecule has 2 N–H and O–H groups in total. The molecule has 0 aliphatic heterocycles. The molecule has 0 aliphatic carbocycles. The van der Waals surface area contributed by atoms with E-state index in [0.29, 0.717) is 19.8 Å². The van der Waals surface area contributed by atoms with Crippen molar-refractivity contribution in [3.63, 3.8) is 0 Å². The second-order valence-electron chi connectivity index (χ2n) is 6.00. The second-order valence-corrected chi connectivity index (χ2v) is 7.32. The normalized spacial score (nSPS) is 12.1. The number of thiazole rings is 1. The molecular formula is C20H31IN4O2S. The third kappa shape index (κ3) is 7.46. The molecule has 2 aromatic rings. The summed E-state index contributed by atoms with van der Waals surface area (Å²) in [4.78, 5) is 10.2. The van der Waals surface area contributed by atoms with Gasteiger partial charge in [0.1, 0.15) is 5.01 Å². The summed E-state index contributed by atoms with van der Waals surface area (Å²) in [5, 5.41) is 7.75. The lowest BCUT2D eigenvalue weighted by atomic mass is 10.1. The van der Waals surface area contributed by atoms with Crippen LogP contribution in [0.1, 0.15) is 49.2 Å². The van der Waals surface area contributed by atoms with E-state index in [0.717, 1.165) is 34.6 Å². The number of ether oxygens (including phenoxy) is 2. The lowest BCUT2D eigenvalue weighted by molar-refractivity contribution is 0.287. The summed E-state index contributed by atoms with van der Waals surface area (Å²) >= 11 is 1.67. The van der Waals surface area contributed by atoms with Crippen molar-refractivity contribution in [1.82, 2.24) is 15.6 Å². The molecule has 0 radical (unpaired) electrons. The molecule has 1 aromatic carbocycles. The van der Waals surface area contributed by atoms with E-state index in [9.17, 15) is 0 Å². The Labute approximate surface area is 189 Å². The van der Waals surface area contributed by atoms with E-state index in [1.165, 1.54) is 4.88 Å². The molecule has 0 saturated heterocycles. The quantitative estimate of drug-likeness (QED) is 0.287. The van der Waals surface area contributed by atoms with Gasteiger partial charge < -0.3 is 20.1 Å². The number of aliphatic imine (C=N–C) groups is 1. The number of nitrogens with one attached hydrogen (secondary N) is 2. The average Bonchev–Trinajstić information content (AvgIpc) is 3.07. The Balaban J connectivity index is 0.00000392. The molecule has 0 fully saturated rings.